The number of hydrogen-bond acceptors (Lipinski definition) is 3. The van der Waals surface area contributed by atoms with Gasteiger partial charge in [-0.05, 0) is 26.0 Å². The first-order valence-corrected chi connectivity index (χ1v) is 6.33. The number of rotatable bonds is 3. The van der Waals surface area contributed by atoms with Crippen molar-refractivity contribution in [3.63, 3.8) is 0 Å². The number of aryl methyl sites for hydroxylation is 1. The second-order valence-electron chi connectivity index (χ2n) is 4.46. The third kappa shape index (κ3) is 2.71. The van der Waals surface area contributed by atoms with E-state index in [-0.39, 0.29) is 22.6 Å². The molecule has 0 bridgehead atoms. The fourth-order valence-corrected chi connectivity index (χ4v) is 1.99. The zero-order valence-corrected chi connectivity index (χ0v) is 11.4. The summed E-state index contributed by atoms with van der Waals surface area (Å²) in [4.78, 5) is 28.6. The second-order valence-corrected chi connectivity index (χ2v) is 4.46. The minimum absolute atomic E-state index is 0.0755. The van der Waals surface area contributed by atoms with Crippen LogP contribution in [0.5, 0.6) is 5.75 Å². The van der Waals surface area contributed by atoms with Crippen LogP contribution in [0.15, 0.2) is 41.3 Å². The van der Waals surface area contributed by atoms with Crippen LogP contribution in [0.25, 0.3) is 0 Å². The van der Waals surface area contributed by atoms with Crippen molar-refractivity contribution in [2.24, 2.45) is 0 Å². The first-order valence-electron chi connectivity index (χ1n) is 6.33. The SMILES string of the molecule is CCN(C(=O)c1c[nH]c(C)cc1=O)c1cccc(O)c1. The number of carbonyl (C=O) groups is 1. The zero-order chi connectivity index (χ0) is 14.7. The largest absolute Gasteiger partial charge is 0.508 e. The Bertz CT molecular complexity index is 692. The van der Waals surface area contributed by atoms with Gasteiger partial charge in [-0.15, -0.1) is 0 Å². The zero-order valence-electron chi connectivity index (χ0n) is 11.4. The topological polar surface area (TPSA) is 73.4 Å². The van der Waals surface area contributed by atoms with Gasteiger partial charge in [0.1, 0.15) is 11.3 Å². The standard InChI is InChI=1S/C15H16N2O3/c1-3-17(11-5-4-6-12(18)8-11)15(20)13-9-16-10(2)7-14(13)19/h4-9,18H,3H2,1-2H3,(H,16,19). The molecule has 5 heteroatoms. The Morgan fingerprint density at radius 1 is 1.35 bits per heavy atom. The van der Waals surface area contributed by atoms with Crippen LogP contribution >= 0.6 is 0 Å². The van der Waals surface area contributed by atoms with Gasteiger partial charge >= 0.3 is 0 Å². The number of aromatic nitrogens is 1. The van der Waals surface area contributed by atoms with Crippen molar-refractivity contribution in [1.29, 1.82) is 0 Å². The summed E-state index contributed by atoms with van der Waals surface area (Å²) in [5.41, 5.74) is 1.02. The maximum absolute atomic E-state index is 12.4. The summed E-state index contributed by atoms with van der Waals surface area (Å²) >= 11 is 0. The summed E-state index contributed by atoms with van der Waals surface area (Å²) in [6.07, 6.45) is 1.42. The predicted molar refractivity (Wildman–Crippen MR) is 77.3 cm³/mol. The minimum Gasteiger partial charge on any atom is -0.508 e. The smallest absolute Gasteiger partial charge is 0.263 e. The number of pyridine rings is 1. The maximum Gasteiger partial charge on any atom is 0.263 e. The molecule has 5 nitrogen and oxygen atoms in total. The molecular formula is C15H16N2O3. The van der Waals surface area contributed by atoms with Gasteiger partial charge in [0.2, 0.25) is 0 Å². The Balaban J connectivity index is 2.41. The molecule has 0 fully saturated rings. The van der Waals surface area contributed by atoms with E-state index in [2.05, 4.69) is 4.98 Å². The molecule has 0 saturated carbocycles. The van der Waals surface area contributed by atoms with Gasteiger partial charge in [0.25, 0.3) is 5.91 Å². The summed E-state index contributed by atoms with van der Waals surface area (Å²) in [6, 6.07) is 7.78. The number of aromatic hydroxyl groups is 1. The number of nitrogens with zero attached hydrogens (tertiary/aromatic N) is 1. The number of hydrogen-bond donors (Lipinski definition) is 2. The highest BCUT2D eigenvalue weighted by molar-refractivity contribution is 6.05. The molecule has 1 aromatic carbocycles. The number of amides is 1. The molecule has 0 unspecified atom stereocenters. The summed E-state index contributed by atoms with van der Waals surface area (Å²) in [6.45, 7) is 3.96. The van der Waals surface area contributed by atoms with Gasteiger partial charge in [0.05, 0.1) is 0 Å². The van der Waals surface area contributed by atoms with Crippen LogP contribution < -0.4 is 10.3 Å². The van der Waals surface area contributed by atoms with E-state index in [9.17, 15) is 14.7 Å². The summed E-state index contributed by atoms with van der Waals surface area (Å²) in [7, 11) is 0. The normalized spacial score (nSPS) is 10.3. The molecule has 0 atom stereocenters. The molecule has 2 aromatic rings. The van der Waals surface area contributed by atoms with E-state index < -0.39 is 0 Å². The summed E-state index contributed by atoms with van der Waals surface area (Å²) < 4.78 is 0. The molecule has 0 aliphatic rings. The van der Waals surface area contributed by atoms with Crippen molar-refractivity contribution < 1.29 is 9.90 Å². The predicted octanol–water partition coefficient (Wildman–Crippen LogP) is 2.06. The van der Waals surface area contributed by atoms with Crippen molar-refractivity contribution in [2.75, 3.05) is 11.4 Å². The molecule has 0 spiro atoms. The molecule has 104 valence electrons. The lowest BCUT2D eigenvalue weighted by molar-refractivity contribution is 0.0987. The molecular weight excluding hydrogens is 256 g/mol. The molecule has 0 saturated heterocycles. The van der Waals surface area contributed by atoms with Crippen molar-refractivity contribution >= 4 is 11.6 Å². The average Bonchev–Trinajstić information content (AvgIpc) is 2.39. The molecule has 2 rings (SSSR count). The minimum atomic E-state index is -0.389. The Labute approximate surface area is 116 Å². The molecule has 20 heavy (non-hydrogen) atoms. The highest BCUT2D eigenvalue weighted by Gasteiger charge is 2.19. The highest BCUT2D eigenvalue weighted by Crippen LogP contribution is 2.21. The number of anilines is 1. The van der Waals surface area contributed by atoms with Gasteiger partial charge in [-0.25, -0.2) is 0 Å². The summed E-state index contributed by atoms with van der Waals surface area (Å²) in [5.74, 6) is -0.314. The van der Waals surface area contributed by atoms with E-state index in [1.807, 2.05) is 6.92 Å². The van der Waals surface area contributed by atoms with Gasteiger partial charge in [-0.1, -0.05) is 6.07 Å². The van der Waals surface area contributed by atoms with Crippen molar-refractivity contribution in [1.82, 2.24) is 4.98 Å². The third-order valence-corrected chi connectivity index (χ3v) is 2.99. The number of nitrogens with one attached hydrogen (secondary N) is 1. The lowest BCUT2D eigenvalue weighted by Crippen LogP contribution is -2.34. The van der Waals surface area contributed by atoms with E-state index in [4.69, 9.17) is 0 Å². The van der Waals surface area contributed by atoms with E-state index >= 15 is 0 Å². The van der Waals surface area contributed by atoms with E-state index in [1.165, 1.54) is 29.3 Å². The first-order chi connectivity index (χ1) is 9.52. The lowest BCUT2D eigenvalue weighted by atomic mass is 10.2. The van der Waals surface area contributed by atoms with Crippen LogP contribution in [0.3, 0.4) is 0 Å². The van der Waals surface area contributed by atoms with Gasteiger partial charge in [-0.3, -0.25) is 9.59 Å². The molecule has 1 heterocycles. The number of aromatic amines is 1. The molecule has 0 aliphatic heterocycles. The quantitative estimate of drug-likeness (QED) is 0.898. The molecule has 0 aliphatic carbocycles. The van der Waals surface area contributed by atoms with Crippen LogP contribution in [0, 0.1) is 6.92 Å². The van der Waals surface area contributed by atoms with Crippen LogP contribution in [-0.4, -0.2) is 22.5 Å². The van der Waals surface area contributed by atoms with E-state index in [0.29, 0.717) is 17.9 Å². The summed E-state index contributed by atoms with van der Waals surface area (Å²) in [5, 5.41) is 9.49. The van der Waals surface area contributed by atoms with E-state index in [1.54, 1.807) is 19.1 Å². The Morgan fingerprint density at radius 3 is 2.70 bits per heavy atom. The van der Waals surface area contributed by atoms with Crippen molar-refractivity contribution in [3.8, 4) is 5.75 Å². The average molecular weight is 272 g/mol. The second kappa shape index (κ2) is 5.61. The third-order valence-electron chi connectivity index (χ3n) is 2.99. The van der Waals surface area contributed by atoms with Crippen molar-refractivity contribution in [3.05, 3.63) is 58.0 Å². The van der Waals surface area contributed by atoms with Crippen molar-refractivity contribution in [2.45, 2.75) is 13.8 Å². The lowest BCUT2D eigenvalue weighted by Gasteiger charge is -2.20. The number of carbonyl (C=O) groups excluding carboxylic acids is 1. The fourth-order valence-electron chi connectivity index (χ4n) is 1.99. The molecule has 1 aromatic heterocycles. The van der Waals surface area contributed by atoms with Crippen LogP contribution in [0.1, 0.15) is 23.0 Å². The highest BCUT2D eigenvalue weighted by atomic mass is 16.3. The molecule has 2 N–H and O–H groups in total. The van der Waals surface area contributed by atoms with Crippen LogP contribution in [0.2, 0.25) is 0 Å². The number of phenols is 1. The van der Waals surface area contributed by atoms with Crippen LogP contribution in [0.4, 0.5) is 5.69 Å². The molecule has 1 amide bonds. The fraction of sp³-hybridized carbons (Fsp3) is 0.200. The Hall–Kier alpha value is -2.56. The van der Waals surface area contributed by atoms with Gasteiger partial charge in [0.15, 0.2) is 5.43 Å². The van der Waals surface area contributed by atoms with Crippen LogP contribution in [-0.2, 0) is 0 Å². The number of phenolic OH excluding ortho intramolecular Hbond substituents is 1. The van der Waals surface area contributed by atoms with Gasteiger partial charge < -0.3 is 15.0 Å². The first kappa shape index (κ1) is 13.9. The van der Waals surface area contributed by atoms with E-state index in [0.717, 1.165) is 0 Å². The van der Waals surface area contributed by atoms with Gasteiger partial charge in [-0.2, -0.15) is 0 Å². The molecule has 0 radical (unpaired) electrons. The Kier molecular flexibility index (Phi) is 3.89. The maximum atomic E-state index is 12.4. The Morgan fingerprint density at radius 2 is 2.10 bits per heavy atom. The number of benzene rings is 1. The van der Waals surface area contributed by atoms with Gasteiger partial charge in [0, 0.05) is 36.3 Å². The monoisotopic (exact) mass is 272 g/mol. The number of H-pyrrole nitrogens is 1.